The molecule has 9 nitrogen and oxygen atoms in total. The van der Waals surface area contributed by atoms with E-state index in [0.29, 0.717) is 44.3 Å². The van der Waals surface area contributed by atoms with Gasteiger partial charge >= 0.3 is 5.97 Å². The maximum atomic E-state index is 12.7. The number of nitrogens with zero attached hydrogens (tertiary/aromatic N) is 3. The number of phenols is 1. The molecule has 5 rings (SSSR count). The standard InChI is InChI=1S/C25H20N4O5/c1-3-34-25(31)20-14(2)26-23-18(20)13-19(30)24-21(23)22(15-9-11-17(12-10-15)29(32)33)27-28(24)16-7-5-4-6-8-16/h4-13,27,30H,3H2,1-2H3. The number of non-ortho nitro benzene ring substituents is 1. The molecular weight excluding hydrogens is 436 g/mol. The van der Waals surface area contributed by atoms with Crippen LogP contribution in [-0.2, 0) is 4.74 Å². The highest BCUT2D eigenvalue weighted by molar-refractivity contribution is 6.19. The van der Waals surface area contributed by atoms with Crippen molar-refractivity contribution in [3.63, 3.8) is 0 Å². The van der Waals surface area contributed by atoms with Gasteiger partial charge in [-0.15, -0.1) is 0 Å². The Balaban J connectivity index is 1.88. The smallest absolute Gasteiger partial charge is 0.340 e. The summed E-state index contributed by atoms with van der Waals surface area (Å²) in [7, 11) is 0. The summed E-state index contributed by atoms with van der Waals surface area (Å²) in [4.78, 5) is 28.0. The van der Waals surface area contributed by atoms with Gasteiger partial charge < -0.3 is 9.84 Å². The van der Waals surface area contributed by atoms with Crippen LogP contribution in [0.4, 0.5) is 5.69 Å². The number of nitro groups is 1. The van der Waals surface area contributed by atoms with Gasteiger partial charge in [-0.2, -0.15) is 0 Å². The predicted octanol–water partition coefficient (Wildman–Crippen LogP) is 5.27. The van der Waals surface area contributed by atoms with Crippen LogP contribution in [0, 0.1) is 17.0 Å². The van der Waals surface area contributed by atoms with Crippen molar-refractivity contribution in [1.29, 1.82) is 0 Å². The van der Waals surface area contributed by atoms with Crippen molar-refractivity contribution in [2.45, 2.75) is 13.8 Å². The SMILES string of the molecule is CCOC(=O)c1c(C)nc2c1cc(O)c1c2c(-c2ccc([N+](=O)[O-])cc2)[nH]n1-c1ccccc1. The molecule has 0 bridgehead atoms. The Hall–Kier alpha value is -4.66. The highest BCUT2D eigenvalue weighted by Crippen LogP contribution is 2.41. The molecule has 170 valence electrons. The Kier molecular flexibility index (Phi) is 5.01. The number of esters is 1. The van der Waals surface area contributed by atoms with Crippen molar-refractivity contribution in [3.05, 3.63) is 82.0 Å². The molecule has 0 unspecified atom stereocenters. The van der Waals surface area contributed by atoms with Gasteiger partial charge in [0.05, 0.1) is 45.1 Å². The van der Waals surface area contributed by atoms with Crippen molar-refractivity contribution >= 4 is 33.5 Å². The lowest BCUT2D eigenvalue weighted by Crippen LogP contribution is -2.05. The number of benzene rings is 3. The lowest BCUT2D eigenvalue weighted by Gasteiger charge is -2.06. The Morgan fingerprint density at radius 2 is 1.88 bits per heavy atom. The lowest BCUT2D eigenvalue weighted by molar-refractivity contribution is -0.384. The zero-order valence-electron chi connectivity index (χ0n) is 18.4. The molecular formula is C25H20N4O5. The van der Waals surface area contributed by atoms with E-state index in [1.165, 1.54) is 18.2 Å². The number of ether oxygens (including phenoxy) is 1. The maximum absolute atomic E-state index is 12.7. The van der Waals surface area contributed by atoms with Crippen molar-refractivity contribution in [2.24, 2.45) is 0 Å². The molecule has 2 N–H and O–H groups in total. The van der Waals surface area contributed by atoms with E-state index in [1.54, 1.807) is 30.7 Å². The number of hydrogen-bond donors (Lipinski definition) is 2. The number of rotatable bonds is 5. The molecule has 0 spiro atoms. The van der Waals surface area contributed by atoms with Crippen LogP contribution in [0.25, 0.3) is 38.8 Å². The summed E-state index contributed by atoms with van der Waals surface area (Å²) in [6, 6.07) is 17.0. The summed E-state index contributed by atoms with van der Waals surface area (Å²) in [5.74, 6) is -0.557. The van der Waals surface area contributed by atoms with Gasteiger partial charge in [-0.1, -0.05) is 18.2 Å². The molecule has 0 radical (unpaired) electrons. The number of aromatic nitrogens is 3. The molecule has 0 fully saturated rings. The Morgan fingerprint density at radius 3 is 2.53 bits per heavy atom. The summed E-state index contributed by atoms with van der Waals surface area (Å²) in [5, 5.41) is 26.6. The summed E-state index contributed by atoms with van der Waals surface area (Å²) in [5.41, 5.74) is 3.78. The normalized spacial score (nSPS) is 11.2. The van der Waals surface area contributed by atoms with Crippen LogP contribution in [0.2, 0.25) is 0 Å². The van der Waals surface area contributed by atoms with Crippen LogP contribution in [0.15, 0.2) is 60.7 Å². The second-order valence-electron chi connectivity index (χ2n) is 7.77. The molecule has 2 aromatic heterocycles. The van der Waals surface area contributed by atoms with E-state index in [-0.39, 0.29) is 18.0 Å². The van der Waals surface area contributed by atoms with Crippen molar-refractivity contribution in [2.75, 3.05) is 6.61 Å². The zero-order chi connectivity index (χ0) is 24.0. The van der Waals surface area contributed by atoms with Crippen molar-refractivity contribution in [1.82, 2.24) is 14.8 Å². The molecule has 9 heteroatoms. The van der Waals surface area contributed by atoms with E-state index in [9.17, 15) is 20.0 Å². The topological polar surface area (TPSA) is 123 Å². The average molecular weight is 456 g/mol. The largest absolute Gasteiger partial charge is 0.506 e. The molecule has 3 aromatic carbocycles. The first-order valence-electron chi connectivity index (χ1n) is 10.6. The van der Waals surface area contributed by atoms with Gasteiger partial charge in [0.15, 0.2) is 0 Å². The fraction of sp³-hybridized carbons (Fsp3) is 0.120. The zero-order valence-corrected chi connectivity index (χ0v) is 18.4. The van der Waals surface area contributed by atoms with Gasteiger partial charge in [0, 0.05) is 23.1 Å². The van der Waals surface area contributed by atoms with E-state index in [1.807, 2.05) is 30.3 Å². The van der Waals surface area contributed by atoms with Crippen LogP contribution < -0.4 is 0 Å². The Bertz CT molecular complexity index is 1570. The molecule has 0 saturated carbocycles. The minimum Gasteiger partial charge on any atom is -0.506 e. The van der Waals surface area contributed by atoms with Gasteiger partial charge in [0.2, 0.25) is 0 Å². The lowest BCUT2D eigenvalue weighted by atomic mass is 10.0. The van der Waals surface area contributed by atoms with Gasteiger partial charge in [0.25, 0.3) is 5.69 Å². The first kappa shape index (κ1) is 21.2. The molecule has 0 saturated heterocycles. The third-order valence-electron chi connectivity index (χ3n) is 5.72. The summed E-state index contributed by atoms with van der Waals surface area (Å²) in [6.45, 7) is 3.66. The second-order valence-corrected chi connectivity index (χ2v) is 7.77. The molecule has 0 atom stereocenters. The molecule has 0 amide bonds. The van der Waals surface area contributed by atoms with E-state index in [4.69, 9.17) is 4.74 Å². The number of H-pyrrole nitrogens is 1. The molecule has 5 aromatic rings. The molecule has 34 heavy (non-hydrogen) atoms. The fourth-order valence-corrected chi connectivity index (χ4v) is 4.25. The Morgan fingerprint density at radius 1 is 1.18 bits per heavy atom. The minimum atomic E-state index is -0.510. The molecule has 0 aliphatic heterocycles. The number of fused-ring (bicyclic) bond motifs is 3. The van der Waals surface area contributed by atoms with Crippen LogP contribution in [0.1, 0.15) is 23.0 Å². The molecule has 0 aliphatic rings. The number of hydrogen-bond acceptors (Lipinski definition) is 6. The number of nitro benzene ring substituents is 1. The van der Waals surface area contributed by atoms with E-state index in [2.05, 4.69) is 10.1 Å². The highest BCUT2D eigenvalue weighted by Gasteiger charge is 2.26. The van der Waals surface area contributed by atoms with Crippen LogP contribution in [0.3, 0.4) is 0 Å². The predicted molar refractivity (Wildman–Crippen MR) is 127 cm³/mol. The number of aromatic hydroxyl groups is 1. The number of carbonyl (C=O) groups excluding carboxylic acids is 1. The quantitative estimate of drug-likeness (QED) is 0.211. The van der Waals surface area contributed by atoms with Crippen LogP contribution in [0.5, 0.6) is 5.75 Å². The average Bonchev–Trinajstić information content (AvgIpc) is 3.38. The van der Waals surface area contributed by atoms with Gasteiger partial charge in [0.1, 0.15) is 11.3 Å². The fourth-order valence-electron chi connectivity index (χ4n) is 4.25. The third kappa shape index (κ3) is 3.25. The summed E-state index contributed by atoms with van der Waals surface area (Å²) in [6.07, 6.45) is 0. The van der Waals surface area contributed by atoms with E-state index in [0.717, 1.165) is 5.69 Å². The highest BCUT2D eigenvalue weighted by atomic mass is 16.6. The molecule has 2 heterocycles. The number of aryl methyl sites for hydroxylation is 1. The van der Waals surface area contributed by atoms with Gasteiger partial charge in [-0.25, -0.2) is 4.79 Å². The maximum Gasteiger partial charge on any atom is 0.340 e. The number of aromatic amines is 1. The number of phenolic OH excluding ortho intramolecular Hbond substituents is 1. The van der Waals surface area contributed by atoms with E-state index < -0.39 is 10.9 Å². The third-order valence-corrected chi connectivity index (χ3v) is 5.72. The Labute approximate surface area is 193 Å². The van der Waals surface area contributed by atoms with Crippen molar-refractivity contribution < 1.29 is 19.6 Å². The molecule has 0 aliphatic carbocycles. The van der Waals surface area contributed by atoms with Gasteiger partial charge in [-0.3, -0.25) is 24.9 Å². The van der Waals surface area contributed by atoms with E-state index >= 15 is 0 Å². The first-order chi connectivity index (χ1) is 16.4. The number of nitrogens with one attached hydrogen (secondary N) is 1. The minimum absolute atomic E-state index is 0.0320. The van der Waals surface area contributed by atoms with Crippen molar-refractivity contribution in [3.8, 4) is 22.7 Å². The first-order valence-corrected chi connectivity index (χ1v) is 10.6. The van der Waals surface area contributed by atoms with Gasteiger partial charge in [-0.05, 0) is 44.2 Å². The van der Waals surface area contributed by atoms with Crippen LogP contribution in [-0.4, -0.2) is 37.4 Å². The second kappa shape index (κ2) is 8.04. The number of para-hydroxylation sites is 1. The summed E-state index contributed by atoms with van der Waals surface area (Å²) < 4.78 is 6.95. The number of carbonyl (C=O) groups is 1. The monoisotopic (exact) mass is 456 g/mol. The van der Waals surface area contributed by atoms with Crippen LogP contribution >= 0.6 is 0 Å². The summed E-state index contributed by atoms with van der Waals surface area (Å²) >= 11 is 0.